The third-order valence-electron chi connectivity index (χ3n) is 5.88. The molecule has 0 amide bonds. The molecule has 2 aliphatic rings. The first-order valence-corrected chi connectivity index (χ1v) is 10.1. The summed E-state index contributed by atoms with van der Waals surface area (Å²) in [5, 5.41) is 23.0. The lowest BCUT2D eigenvalue weighted by atomic mass is 9.64. The van der Waals surface area contributed by atoms with Crippen molar-refractivity contribution in [2.24, 2.45) is 11.7 Å². The van der Waals surface area contributed by atoms with Crippen LogP contribution in [0.4, 0.5) is 0 Å². The topological polar surface area (TPSA) is 122 Å². The smallest absolute Gasteiger partial charge is 0.526 e. The molecule has 1 aliphatic carbocycles. The number of rotatable bonds is 8. The van der Waals surface area contributed by atoms with E-state index in [4.69, 9.17) is 10.4 Å². The van der Waals surface area contributed by atoms with E-state index < -0.39 is 13.1 Å². The number of nitrogens with two attached hydrogens (primary N) is 1. The fourth-order valence-electron chi connectivity index (χ4n) is 4.38. The number of aromatic carboxylic acids is 1. The summed E-state index contributed by atoms with van der Waals surface area (Å²) in [6.45, 7) is 1.47. The number of ketones is 1. The number of para-hydroxylation sites is 1. The lowest BCUT2D eigenvalue weighted by Crippen LogP contribution is -2.37. The maximum absolute atomic E-state index is 12.6. The van der Waals surface area contributed by atoms with Gasteiger partial charge in [0.25, 0.3) is 0 Å². The van der Waals surface area contributed by atoms with Crippen LogP contribution in [-0.4, -0.2) is 48.1 Å². The van der Waals surface area contributed by atoms with Gasteiger partial charge in [-0.05, 0) is 49.7 Å². The van der Waals surface area contributed by atoms with Crippen LogP contribution >= 0.6 is 0 Å². The molecule has 1 fully saturated rings. The van der Waals surface area contributed by atoms with Crippen LogP contribution in [0.1, 0.15) is 54.4 Å². The van der Waals surface area contributed by atoms with Crippen molar-refractivity contribution in [3.63, 3.8) is 0 Å². The van der Waals surface area contributed by atoms with Gasteiger partial charge in [0.15, 0.2) is 0 Å². The molecule has 5 N–H and O–H groups in total. The predicted molar refractivity (Wildman–Crippen MR) is 107 cm³/mol. The van der Waals surface area contributed by atoms with Crippen LogP contribution in [0.2, 0.25) is 5.82 Å². The van der Waals surface area contributed by atoms with Gasteiger partial charge in [-0.25, -0.2) is 4.79 Å². The average molecular weight is 388 g/mol. The highest BCUT2D eigenvalue weighted by Crippen LogP contribution is 2.37. The molecule has 152 valence electrons. The third kappa shape index (κ3) is 5.13. The van der Waals surface area contributed by atoms with Crippen molar-refractivity contribution in [3.8, 4) is 5.75 Å². The number of carbonyl (C=O) groups is 2. The zero-order valence-electron chi connectivity index (χ0n) is 16.1. The zero-order valence-corrected chi connectivity index (χ0v) is 16.1. The molecule has 7 nitrogen and oxygen atoms in total. The summed E-state index contributed by atoms with van der Waals surface area (Å²) in [6.07, 6.45) is 5.43. The third-order valence-corrected chi connectivity index (χ3v) is 5.88. The lowest BCUT2D eigenvalue weighted by molar-refractivity contribution is -0.120. The lowest BCUT2D eigenvalue weighted by Gasteiger charge is -2.30. The number of hydrogen-bond acceptors (Lipinski definition) is 6. The Kier molecular flexibility index (Phi) is 7.10. The molecule has 1 aromatic carbocycles. The number of Topliss-reactive ketones (excluding diaryl/α,β-unsaturated/α-hetero) is 1. The van der Waals surface area contributed by atoms with Gasteiger partial charge in [-0.1, -0.05) is 12.1 Å². The number of carboxylic acids is 1. The van der Waals surface area contributed by atoms with E-state index in [1.807, 2.05) is 0 Å². The molecule has 1 aromatic rings. The number of hydrogen-bond donors (Lipinski definition) is 4. The van der Waals surface area contributed by atoms with E-state index >= 15 is 0 Å². The largest absolute Gasteiger partial charge is 0.535 e. The van der Waals surface area contributed by atoms with Crippen LogP contribution in [-0.2, 0) is 11.2 Å². The summed E-state index contributed by atoms with van der Waals surface area (Å²) in [7, 11) is -1.16. The highest BCUT2D eigenvalue weighted by Gasteiger charge is 2.38. The van der Waals surface area contributed by atoms with Gasteiger partial charge in [0.05, 0.1) is 5.56 Å². The quantitative estimate of drug-likeness (QED) is 0.499. The second-order valence-corrected chi connectivity index (χ2v) is 7.98. The van der Waals surface area contributed by atoms with E-state index in [-0.39, 0.29) is 29.3 Å². The van der Waals surface area contributed by atoms with Gasteiger partial charge in [0, 0.05) is 37.8 Å². The minimum atomic E-state index is -1.16. The van der Waals surface area contributed by atoms with E-state index in [1.54, 1.807) is 12.1 Å². The molecule has 1 saturated carbocycles. The minimum absolute atomic E-state index is 0.0429. The molecule has 0 saturated heterocycles. The molecule has 0 spiro atoms. The molecule has 0 radical (unpaired) electrons. The Labute approximate surface area is 165 Å². The summed E-state index contributed by atoms with van der Waals surface area (Å²) in [5.41, 5.74) is 6.30. The number of nitrogens with one attached hydrogen (secondary N) is 1. The Morgan fingerprint density at radius 3 is 2.64 bits per heavy atom. The fourth-order valence-corrected chi connectivity index (χ4v) is 4.38. The number of fused-ring (bicyclic) bond motifs is 1. The summed E-state index contributed by atoms with van der Waals surface area (Å²) < 4.78 is 5.48. The molecule has 0 unspecified atom stereocenters. The Morgan fingerprint density at radius 2 is 1.96 bits per heavy atom. The number of carboxylic acid groups (broad SMARTS) is 1. The summed E-state index contributed by atoms with van der Waals surface area (Å²) in [4.78, 5) is 23.9. The fraction of sp³-hybridized carbons (Fsp3) is 0.600. The van der Waals surface area contributed by atoms with E-state index in [1.165, 1.54) is 6.07 Å². The van der Waals surface area contributed by atoms with Gasteiger partial charge in [0.1, 0.15) is 11.5 Å². The molecular formula is C20H29BN2O5. The van der Waals surface area contributed by atoms with Crippen molar-refractivity contribution in [2.75, 3.05) is 13.1 Å². The summed E-state index contributed by atoms with van der Waals surface area (Å²) >= 11 is 0. The molecule has 1 heterocycles. The Balaban J connectivity index is 1.51. The van der Waals surface area contributed by atoms with Crippen LogP contribution in [0.25, 0.3) is 0 Å². The maximum atomic E-state index is 12.6. The normalized spacial score (nSPS) is 24.4. The predicted octanol–water partition coefficient (Wildman–Crippen LogP) is 1.63. The molecule has 0 aromatic heterocycles. The maximum Gasteiger partial charge on any atom is 0.526 e. The van der Waals surface area contributed by atoms with Crippen LogP contribution in [0.15, 0.2) is 18.2 Å². The van der Waals surface area contributed by atoms with Crippen molar-refractivity contribution in [1.29, 1.82) is 0 Å². The van der Waals surface area contributed by atoms with Crippen molar-refractivity contribution in [1.82, 2.24) is 5.32 Å². The van der Waals surface area contributed by atoms with Gasteiger partial charge in [-0.2, -0.15) is 0 Å². The minimum Gasteiger partial charge on any atom is -0.535 e. The standard InChI is InChI=1S/C20H29BN2O5/c22-8-9-23-16-6-4-13(5-7-16)10-17(24)12-15-11-14-2-1-3-18(20(25)26)19(14)28-21(15)27/h1-3,13,15-16,23,27H,4-12,22H2,(H,25,26)/t13?,15-,16?/m0/s1. The summed E-state index contributed by atoms with van der Waals surface area (Å²) in [5.74, 6) is -0.670. The Hall–Kier alpha value is -1.90. The van der Waals surface area contributed by atoms with Gasteiger partial charge in [0.2, 0.25) is 0 Å². The van der Waals surface area contributed by atoms with Gasteiger partial charge in [-0.3, -0.25) is 4.79 Å². The first-order valence-electron chi connectivity index (χ1n) is 10.1. The van der Waals surface area contributed by atoms with E-state index in [0.717, 1.165) is 37.8 Å². The molecule has 3 rings (SSSR count). The first-order chi connectivity index (χ1) is 13.5. The van der Waals surface area contributed by atoms with Crippen LogP contribution in [0.5, 0.6) is 5.75 Å². The van der Waals surface area contributed by atoms with E-state index in [9.17, 15) is 19.7 Å². The van der Waals surface area contributed by atoms with Gasteiger partial charge in [-0.15, -0.1) is 0 Å². The summed E-state index contributed by atoms with van der Waals surface area (Å²) in [6, 6.07) is 5.42. The average Bonchev–Trinajstić information content (AvgIpc) is 2.67. The number of carbonyl (C=O) groups excluding carboxylic acids is 1. The zero-order chi connectivity index (χ0) is 20.1. The van der Waals surface area contributed by atoms with Gasteiger partial charge < -0.3 is 25.8 Å². The molecule has 8 heteroatoms. The molecule has 1 aliphatic heterocycles. The highest BCUT2D eigenvalue weighted by molar-refractivity contribution is 6.47. The van der Waals surface area contributed by atoms with Crippen molar-refractivity contribution in [2.45, 2.75) is 56.8 Å². The van der Waals surface area contributed by atoms with E-state index in [0.29, 0.717) is 31.3 Å². The van der Waals surface area contributed by atoms with Crippen molar-refractivity contribution >= 4 is 18.9 Å². The first kappa shape index (κ1) is 20.8. The Morgan fingerprint density at radius 1 is 1.21 bits per heavy atom. The molecule has 1 atom stereocenters. The van der Waals surface area contributed by atoms with Crippen molar-refractivity contribution < 1.29 is 24.4 Å². The van der Waals surface area contributed by atoms with Crippen LogP contribution in [0, 0.1) is 5.92 Å². The SMILES string of the molecule is NCCNC1CCC(CC(=O)C[C@@H]2Cc3cccc(C(=O)O)c3OB2O)CC1. The monoisotopic (exact) mass is 388 g/mol. The van der Waals surface area contributed by atoms with Gasteiger partial charge >= 0.3 is 13.1 Å². The second-order valence-electron chi connectivity index (χ2n) is 7.98. The molecular weight excluding hydrogens is 359 g/mol. The Bertz CT molecular complexity index is 706. The molecule has 28 heavy (non-hydrogen) atoms. The molecule has 0 bridgehead atoms. The van der Waals surface area contributed by atoms with Crippen LogP contribution in [0.3, 0.4) is 0 Å². The number of benzene rings is 1. The van der Waals surface area contributed by atoms with E-state index in [2.05, 4.69) is 5.32 Å². The van der Waals surface area contributed by atoms with Crippen molar-refractivity contribution in [3.05, 3.63) is 29.3 Å². The second kappa shape index (κ2) is 9.54. The highest BCUT2D eigenvalue weighted by atomic mass is 16.5. The van der Waals surface area contributed by atoms with Crippen LogP contribution < -0.4 is 15.7 Å².